The van der Waals surface area contributed by atoms with Crippen LogP contribution in [0.3, 0.4) is 0 Å². The van der Waals surface area contributed by atoms with Gasteiger partial charge in [0.25, 0.3) is 0 Å². The van der Waals surface area contributed by atoms with Gasteiger partial charge in [0, 0.05) is 0 Å². The van der Waals surface area contributed by atoms with E-state index in [1.807, 2.05) is 18.2 Å². The third-order valence-corrected chi connectivity index (χ3v) is 3.85. The number of rotatable bonds is 8. The summed E-state index contributed by atoms with van der Waals surface area (Å²) in [7, 11) is 0. The van der Waals surface area contributed by atoms with Crippen molar-refractivity contribution in [3.63, 3.8) is 0 Å². The van der Waals surface area contributed by atoms with Gasteiger partial charge in [0.15, 0.2) is 0 Å². The monoisotopic (exact) mass is 370 g/mol. The molecule has 0 aliphatic carbocycles. The molecule has 2 rings (SSSR count). The Morgan fingerprint density at radius 2 is 1.85 bits per heavy atom. The number of benzene rings is 2. The summed E-state index contributed by atoms with van der Waals surface area (Å²) in [6.45, 7) is 6.93. The average Bonchev–Trinajstić information content (AvgIpc) is 2.66. The molecule has 0 fully saturated rings. The zero-order valence-corrected chi connectivity index (χ0v) is 16.0. The van der Waals surface area contributed by atoms with Gasteiger partial charge in [-0.05, 0) is 42.7 Å². The Balaban J connectivity index is 1.82. The number of nitrogens with one attached hydrogen (secondary N) is 2. The number of hydrogen-bond donors (Lipinski definition) is 2. The highest BCUT2D eigenvalue weighted by molar-refractivity contribution is 6.00. The van der Waals surface area contributed by atoms with Gasteiger partial charge in [-0.25, -0.2) is 9.59 Å². The van der Waals surface area contributed by atoms with Crippen LogP contribution in [0.1, 0.15) is 42.6 Å². The molecule has 0 aliphatic heterocycles. The molecule has 0 aliphatic rings. The van der Waals surface area contributed by atoms with E-state index in [1.54, 1.807) is 31.2 Å². The Bertz CT molecular complexity index is 774. The molecule has 27 heavy (non-hydrogen) atoms. The van der Waals surface area contributed by atoms with E-state index in [-0.39, 0.29) is 6.61 Å². The predicted octanol–water partition coefficient (Wildman–Crippen LogP) is 4.19. The van der Waals surface area contributed by atoms with Crippen molar-refractivity contribution in [2.45, 2.75) is 26.7 Å². The molecule has 0 aromatic heterocycles. The fraction of sp³-hybridized carbons (Fsp3) is 0.333. The average molecular weight is 370 g/mol. The first-order chi connectivity index (χ1) is 13.0. The number of carbonyl (C=O) groups excluding carboxylic acids is 2. The van der Waals surface area contributed by atoms with E-state index < -0.39 is 12.0 Å². The van der Waals surface area contributed by atoms with Crippen LogP contribution in [0.25, 0.3) is 0 Å². The van der Waals surface area contributed by atoms with Crippen LogP contribution in [0.5, 0.6) is 5.75 Å². The van der Waals surface area contributed by atoms with E-state index in [0.29, 0.717) is 30.3 Å². The van der Waals surface area contributed by atoms with Gasteiger partial charge >= 0.3 is 12.0 Å². The van der Waals surface area contributed by atoms with Crippen LogP contribution < -0.4 is 15.4 Å². The lowest BCUT2D eigenvalue weighted by Crippen LogP contribution is -2.32. The van der Waals surface area contributed by atoms with Crippen molar-refractivity contribution in [3.8, 4) is 5.75 Å². The summed E-state index contributed by atoms with van der Waals surface area (Å²) in [4.78, 5) is 24.0. The lowest BCUT2D eigenvalue weighted by atomic mass is 10.0. The fourth-order valence-electron chi connectivity index (χ4n) is 2.44. The van der Waals surface area contributed by atoms with E-state index in [1.165, 1.54) is 5.56 Å². The molecule has 2 N–H and O–H groups in total. The maximum atomic E-state index is 12.1. The topological polar surface area (TPSA) is 76.7 Å². The zero-order valence-electron chi connectivity index (χ0n) is 16.0. The van der Waals surface area contributed by atoms with Crippen molar-refractivity contribution in [3.05, 3.63) is 59.7 Å². The highest BCUT2D eigenvalue weighted by Crippen LogP contribution is 2.20. The Morgan fingerprint density at radius 3 is 2.59 bits per heavy atom. The number of ether oxygens (including phenoxy) is 2. The van der Waals surface area contributed by atoms with Crippen LogP contribution >= 0.6 is 0 Å². The number of carbonyl (C=O) groups is 2. The van der Waals surface area contributed by atoms with Crippen LogP contribution in [-0.2, 0) is 4.74 Å². The SMILES string of the molecule is CCOC(=O)c1ccccc1NC(=O)NCCOc1cccc(C(C)C)c1. The minimum Gasteiger partial charge on any atom is -0.492 e. The van der Waals surface area contributed by atoms with Crippen LogP contribution in [0.4, 0.5) is 10.5 Å². The lowest BCUT2D eigenvalue weighted by Gasteiger charge is -2.12. The second-order valence-electron chi connectivity index (χ2n) is 6.22. The van der Waals surface area contributed by atoms with Crippen molar-refractivity contribution in [1.82, 2.24) is 5.32 Å². The number of para-hydroxylation sites is 1. The number of hydrogen-bond acceptors (Lipinski definition) is 4. The molecule has 0 radical (unpaired) electrons. The van der Waals surface area contributed by atoms with E-state index in [4.69, 9.17) is 9.47 Å². The van der Waals surface area contributed by atoms with Crippen molar-refractivity contribution in [2.24, 2.45) is 0 Å². The molecule has 0 heterocycles. The first kappa shape index (κ1) is 20.3. The summed E-state index contributed by atoms with van der Waals surface area (Å²) in [5.74, 6) is 0.731. The second-order valence-corrected chi connectivity index (χ2v) is 6.22. The first-order valence-electron chi connectivity index (χ1n) is 9.05. The highest BCUT2D eigenvalue weighted by Gasteiger charge is 2.13. The van der Waals surface area contributed by atoms with Gasteiger partial charge in [-0.15, -0.1) is 0 Å². The maximum Gasteiger partial charge on any atom is 0.340 e. The number of amides is 2. The number of urea groups is 1. The van der Waals surface area contributed by atoms with Gasteiger partial charge in [0.05, 0.1) is 24.4 Å². The number of esters is 1. The molecule has 144 valence electrons. The summed E-state index contributed by atoms with van der Waals surface area (Å²) < 4.78 is 10.7. The molecule has 6 heteroatoms. The summed E-state index contributed by atoms with van der Waals surface area (Å²) in [5, 5.41) is 5.38. The predicted molar refractivity (Wildman–Crippen MR) is 105 cm³/mol. The van der Waals surface area contributed by atoms with Crippen molar-refractivity contribution >= 4 is 17.7 Å². The minimum atomic E-state index is -0.471. The van der Waals surface area contributed by atoms with Crippen molar-refractivity contribution in [1.29, 1.82) is 0 Å². The van der Waals surface area contributed by atoms with Crippen LogP contribution in [0.2, 0.25) is 0 Å². The van der Waals surface area contributed by atoms with Gasteiger partial charge in [0.1, 0.15) is 12.4 Å². The molecule has 0 saturated heterocycles. The Labute approximate surface area is 159 Å². The Morgan fingerprint density at radius 1 is 1.07 bits per heavy atom. The highest BCUT2D eigenvalue weighted by atomic mass is 16.5. The van der Waals surface area contributed by atoms with Crippen molar-refractivity contribution in [2.75, 3.05) is 25.1 Å². The second kappa shape index (κ2) is 10.2. The molecule has 0 unspecified atom stereocenters. The third-order valence-electron chi connectivity index (χ3n) is 3.85. The summed E-state index contributed by atoms with van der Waals surface area (Å²) in [6, 6.07) is 14.2. The number of anilines is 1. The van der Waals surface area contributed by atoms with Crippen LogP contribution in [0.15, 0.2) is 48.5 Å². The molecular weight excluding hydrogens is 344 g/mol. The normalized spacial score (nSPS) is 10.4. The quantitative estimate of drug-likeness (QED) is 0.540. The van der Waals surface area contributed by atoms with Gasteiger partial charge in [0.2, 0.25) is 0 Å². The largest absolute Gasteiger partial charge is 0.492 e. The molecule has 2 aromatic carbocycles. The summed E-state index contributed by atoms with van der Waals surface area (Å²) >= 11 is 0. The Hall–Kier alpha value is -3.02. The fourth-order valence-corrected chi connectivity index (χ4v) is 2.44. The van der Waals surface area contributed by atoms with Gasteiger partial charge in [-0.3, -0.25) is 0 Å². The van der Waals surface area contributed by atoms with Gasteiger partial charge in [-0.1, -0.05) is 38.1 Å². The van der Waals surface area contributed by atoms with E-state index in [0.717, 1.165) is 5.75 Å². The van der Waals surface area contributed by atoms with Crippen LogP contribution in [0, 0.1) is 0 Å². The van der Waals surface area contributed by atoms with Gasteiger partial charge < -0.3 is 20.1 Å². The molecule has 6 nitrogen and oxygen atoms in total. The maximum absolute atomic E-state index is 12.1. The van der Waals surface area contributed by atoms with Crippen LogP contribution in [-0.4, -0.2) is 31.8 Å². The zero-order chi connectivity index (χ0) is 19.6. The summed E-state index contributed by atoms with van der Waals surface area (Å²) in [6.07, 6.45) is 0. The third kappa shape index (κ3) is 6.33. The van der Waals surface area contributed by atoms with Gasteiger partial charge in [-0.2, -0.15) is 0 Å². The molecule has 0 spiro atoms. The van der Waals surface area contributed by atoms with E-state index >= 15 is 0 Å². The molecule has 2 amide bonds. The standard InChI is InChI=1S/C21H26N2O4/c1-4-26-20(24)18-10-5-6-11-19(18)23-21(25)22-12-13-27-17-9-7-8-16(14-17)15(2)3/h5-11,14-15H,4,12-13H2,1-3H3,(H2,22,23,25). The van der Waals surface area contributed by atoms with E-state index in [2.05, 4.69) is 30.5 Å². The van der Waals surface area contributed by atoms with E-state index in [9.17, 15) is 9.59 Å². The molecule has 2 aromatic rings. The molecule has 0 bridgehead atoms. The summed E-state index contributed by atoms with van der Waals surface area (Å²) in [5.41, 5.74) is 1.92. The minimum absolute atomic E-state index is 0.273. The lowest BCUT2D eigenvalue weighted by molar-refractivity contribution is 0.0527. The molecule has 0 atom stereocenters. The first-order valence-corrected chi connectivity index (χ1v) is 9.05. The molecular formula is C21H26N2O4. The Kier molecular flexibility index (Phi) is 7.67. The van der Waals surface area contributed by atoms with Crippen molar-refractivity contribution < 1.29 is 19.1 Å². The molecule has 0 saturated carbocycles. The smallest absolute Gasteiger partial charge is 0.340 e.